The third kappa shape index (κ3) is 3.37. The van der Waals surface area contributed by atoms with Gasteiger partial charge in [0.05, 0.1) is 12.7 Å². The summed E-state index contributed by atoms with van der Waals surface area (Å²) >= 11 is 3.39. The van der Waals surface area contributed by atoms with Gasteiger partial charge in [-0.05, 0) is 48.4 Å². The molecule has 2 aromatic rings. The van der Waals surface area contributed by atoms with E-state index in [2.05, 4.69) is 15.9 Å². The number of rotatable bonds is 3. The van der Waals surface area contributed by atoms with Gasteiger partial charge in [-0.3, -0.25) is 0 Å². The second kappa shape index (κ2) is 6.42. The Morgan fingerprint density at radius 1 is 1.13 bits per heavy atom. The molecule has 1 heterocycles. The first-order chi connectivity index (χ1) is 11.1. The van der Waals surface area contributed by atoms with Gasteiger partial charge in [0.2, 0.25) is 0 Å². The Kier molecular flexibility index (Phi) is 4.35. The van der Waals surface area contributed by atoms with Gasteiger partial charge in [0.15, 0.2) is 0 Å². The van der Waals surface area contributed by atoms with Crippen molar-refractivity contribution >= 4 is 33.7 Å². The average molecular weight is 371 g/mol. The van der Waals surface area contributed by atoms with Crippen LogP contribution in [0.4, 0.5) is 0 Å². The molecule has 1 aliphatic rings. The number of ether oxygens (including phenoxy) is 2. The summed E-state index contributed by atoms with van der Waals surface area (Å²) in [4.78, 5) is 12.1. The molecule has 23 heavy (non-hydrogen) atoms. The van der Waals surface area contributed by atoms with Crippen molar-refractivity contribution in [1.82, 2.24) is 0 Å². The van der Waals surface area contributed by atoms with Crippen molar-refractivity contribution in [2.75, 3.05) is 7.11 Å². The summed E-state index contributed by atoms with van der Waals surface area (Å²) in [6, 6.07) is 13.4. The molecule has 0 spiro atoms. The Morgan fingerprint density at radius 2 is 1.87 bits per heavy atom. The van der Waals surface area contributed by atoms with Crippen molar-refractivity contribution in [2.45, 2.75) is 6.92 Å². The summed E-state index contributed by atoms with van der Waals surface area (Å²) in [7, 11) is 1.63. The molecule has 0 fully saturated rings. The van der Waals surface area contributed by atoms with Crippen molar-refractivity contribution in [3.63, 3.8) is 0 Å². The van der Waals surface area contributed by atoms with Crippen LogP contribution in [0.25, 0.3) is 11.8 Å². The minimum atomic E-state index is -0.345. The predicted octanol–water partition coefficient (Wildman–Crippen LogP) is 4.75. The number of hydrogen-bond donors (Lipinski definition) is 0. The van der Waals surface area contributed by atoms with Crippen molar-refractivity contribution in [2.24, 2.45) is 0 Å². The topological polar surface area (TPSA) is 35.5 Å². The molecular weight excluding hydrogens is 356 g/mol. The van der Waals surface area contributed by atoms with Gasteiger partial charge in [-0.15, -0.1) is 0 Å². The van der Waals surface area contributed by atoms with Crippen molar-refractivity contribution in [3.05, 3.63) is 75.3 Å². The summed E-state index contributed by atoms with van der Waals surface area (Å²) in [5.74, 6) is 1.01. The van der Waals surface area contributed by atoms with E-state index in [0.717, 1.165) is 26.9 Å². The van der Waals surface area contributed by atoms with Gasteiger partial charge in [0.1, 0.15) is 11.5 Å². The second-order valence-electron chi connectivity index (χ2n) is 5.23. The predicted molar refractivity (Wildman–Crippen MR) is 93.9 cm³/mol. The van der Waals surface area contributed by atoms with Gasteiger partial charge in [0.25, 0.3) is 0 Å². The lowest BCUT2D eigenvalue weighted by atomic mass is 10.1. The monoisotopic (exact) mass is 370 g/mol. The highest BCUT2D eigenvalue weighted by molar-refractivity contribution is 9.10. The molecule has 0 N–H and O–H groups in total. The fraction of sp³-hybridized carbons (Fsp3) is 0.105. The number of hydrogen-bond acceptors (Lipinski definition) is 3. The second-order valence-corrected chi connectivity index (χ2v) is 6.15. The SMILES string of the molecule is COc1cc(/C=C2\C=C(c3ccc(Br)cc3)OC2=O)ccc1C. The van der Waals surface area contributed by atoms with Crippen molar-refractivity contribution in [3.8, 4) is 5.75 Å². The third-order valence-electron chi connectivity index (χ3n) is 3.61. The normalized spacial score (nSPS) is 15.5. The minimum Gasteiger partial charge on any atom is -0.496 e. The highest BCUT2D eigenvalue weighted by atomic mass is 79.9. The average Bonchev–Trinajstić information content (AvgIpc) is 2.91. The van der Waals surface area contributed by atoms with E-state index in [1.54, 1.807) is 19.3 Å². The molecule has 2 aromatic carbocycles. The van der Waals surface area contributed by atoms with Gasteiger partial charge in [0, 0.05) is 10.0 Å². The lowest BCUT2D eigenvalue weighted by molar-refractivity contribution is -0.130. The Morgan fingerprint density at radius 3 is 2.57 bits per heavy atom. The first-order valence-electron chi connectivity index (χ1n) is 7.13. The van der Waals surface area contributed by atoms with E-state index in [-0.39, 0.29) is 5.97 Å². The molecule has 0 amide bonds. The maximum absolute atomic E-state index is 12.1. The van der Waals surface area contributed by atoms with Gasteiger partial charge in [-0.1, -0.05) is 40.2 Å². The summed E-state index contributed by atoms with van der Waals surface area (Å²) in [6.45, 7) is 1.98. The Hall–Kier alpha value is -2.33. The van der Waals surface area contributed by atoms with E-state index in [1.165, 1.54) is 0 Å². The summed E-state index contributed by atoms with van der Waals surface area (Å²) in [5.41, 5.74) is 3.34. The van der Waals surface area contributed by atoms with Crippen LogP contribution in [0.1, 0.15) is 16.7 Å². The zero-order chi connectivity index (χ0) is 16.4. The quantitative estimate of drug-likeness (QED) is 0.577. The number of benzene rings is 2. The lowest BCUT2D eigenvalue weighted by Gasteiger charge is -2.05. The molecule has 1 aliphatic heterocycles. The number of cyclic esters (lactones) is 1. The Labute approximate surface area is 143 Å². The van der Waals surface area contributed by atoms with Crippen molar-refractivity contribution < 1.29 is 14.3 Å². The number of aryl methyl sites for hydroxylation is 1. The molecule has 4 heteroatoms. The fourth-order valence-corrected chi connectivity index (χ4v) is 2.62. The molecule has 0 unspecified atom stereocenters. The summed E-state index contributed by atoms with van der Waals surface area (Å²) < 4.78 is 11.7. The van der Waals surface area contributed by atoms with Gasteiger partial charge in [-0.25, -0.2) is 4.79 Å². The van der Waals surface area contributed by atoms with E-state index in [0.29, 0.717) is 11.3 Å². The van der Waals surface area contributed by atoms with Crippen LogP contribution in [0.3, 0.4) is 0 Å². The molecule has 0 saturated heterocycles. The Bertz CT molecular complexity index is 817. The molecule has 116 valence electrons. The molecule has 0 saturated carbocycles. The fourth-order valence-electron chi connectivity index (χ4n) is 2.35. The van der Waals surface area contributed by atoms with Crippen LogP contribution in [0, 0.1) is 6.92 Å². The number of halogens is 1. The maximum atomic E-state index is 12.1. The molecule has 0 radical (unpaired) electrons. The zero-order valence-electron chi connectivity index (χ0n) is 12.8. The van der Waals surface area contributed by atoms with Gasteiger partial charge in [-0.2, -0.15) is 0 Å². The number of carbonyl (C=O) groups excluding carboxylic acids is 1. The molecule has 0 aromatic heterocycles. The number of methoxy groups -OCH3 is 1. The summed E-state index contributed by atoms with van der Waals surface area (Å²) in [6.07, 6.45) is 3.56. The third-order valence-corrected chi connectivity index (χ3v) is 4.14. The molecule has 3 nitrogen and oxygen atoms in total. The van der Waals surface area contributed by atoms with Crippen LogP contribution in [0.2, 0.25) is 0 Å². The molecule has 0 aliphatic carbocycles. The minimum absolute atomic E-state index is 0.345. The van der Waals surface area contributed by atoms with Crippen LogP contribution in [0.5, 0.6) is 5.75 Å². The van der Waals surface area contributed by atoms with Crippen LogP contribution in [-0.2, 0) is 9.53 Å². The van der Waals surface area contributed by atoms with Crippen LogP contribution in [0.15, 0.2) is 58.6 Å². The summed E-state index contributed by atoms with van der Waals surface area (Å²) in [5, 5.41) is 0. The molecule has 0 bridgehead atoms. The van der Waals surface area contributed by atoms with E-state index >= 15 is 0 Å². The van der Waals surface area contributed by atoms with Gasteiger partial charge >= 0.3 is 5.97 Å². The first-order valence-corrected chi connectivity index (χ1v) is 7.92. The smallest absolute Gasteiger partial charge is 0.343 e. The standard InChI is InChI=1S/C19H15BrO3/c1-12-3-4-13(10-17(12)22-2)9-15-11-18(23-19(15)21)14-5-7-16(20)8-6-14/h3-11H,1-2H3/b15-9+. The van der Waals surface area contributed by atoms with Crippen LogP contribution >= 0.6 is 15.9 Å². The molecule has 0 atom stereocenters. The highest BCUT2D eigenvalue weighted by Crippen LogP contribution is 2.29. The lowest BCUT2D eigenvalue weighted by Crippen LogP contribution is -1.97. The number of esters is 1. The largest absolute Gasteiger partial charge is 0.496 e. The van der Waals surface area contributed by atoms with Crippen LogP contribution in [-0.4, -0.2) is 13.1 Å². The molecular formula is C19H15BrO3. The van der Waals surface area contributed by atoms with Gasteiger partial charge < -0.3 is 9.47 Å². The van der Waals surface area contributed by atoms with E-state index in [4.69, 9.17) is 9.47 Å². The van der Waals surface area contributed by atoms with E-state index in [9.17, 15) is 4.79 Å². The maximum Gasteiger partial charge on any atom is 0.343 e. The van der Waals surface area contributed by atoms with E-state index in [1.807, 2.05) is 49.4 Å². The highest BCUT2D eigenvalue weighted by Gasteiger charge is 2.21. The first kappa shape index (κ1) is 15.6. The Balaban J connectivity index is 1.93. The molecule has 3 rings (SSSR count). The van der Waals surface area contributed by atoms with Crippen LogP contribution < -0.4 is 4.74 Å². The zero-order valence-corrected chi connectivity index (χ0v) is 14.4. The van der Waals surface area contributed by atoms with Crippen molar-refractivity contribution in [1.29, 1.82) is 0 Å². The number of carbonyl (C=O) groups is 1. The van der Waals surface area contributed by atoms with E-state index < -0.39 is 0 Å².